The van der Waals surface area contributed by atoms with Crippen LogP contribution in [0.1, 0.15) is 34.0 Å². The van der Waals surface area contributed by atoms with Crippen molar-refractivity contribution in [2.24, 2.45) is 0 Å². The highest BCUT2D eigenvalue weighted by molar-refractivity contribution is 9.10. The van der Waals surface area contributed by atoms with Gasteiger partial charge in [-0.2, -0.15) is 0 Å². The summed E-state index contributed by atoms with van der Waals surface area (Å²) in [7, 11) is 0. The Balaban J connectivity index is 1.70. The van der Waals surface area contributed by atoms with Gasteiger partial charge >= 0.3 is 5.97 Å². The van der Waals surface area contributed by atoms with Gasteiger partial charge in [0, 0.05) is 30.3 Å². The molecule has 1 aliphatic heterocycles. The lowest BCUT2D eigenvalue weighted by atomic mass is 9.99. The molecule has 0 aliphatic carbocycles. The molecule has 6 heteroatoms. The van der Waals surface area contributed by atoms with Crippen LogP contribution in [0, 0.1) is 0 Å². The predicted molar refractivity (Wildman–Crippen MR) is 112 cm³/mol. The number of esters is 1. The molecule has 144 valence electrons. The van der Waals surface area contributed by atoms with Gasteiger partial charge in [0.05, 0.1) is 12.1 Å². The van der Waals surface area contributed by atoms with E-state index in [0.717, 1.165) is 35.1 Å². The van der Waals surface area contributed by atoms with Crippen molar-refractivity contribution in [1.29, 1.82) is 0 Å². The largest absolute Gasteiger partial charge is 0.462 e. The van der Waals surface area contributed by atoms with Gasteiger partial charge in [0.25, 0.3) is 5.56 Å². The first-order valence-corrected chi connectivity index (χ1v) is 10.2. The van der Waals surface area contributed by atoms with E-state index in [9.17, 15) is 9.59 Å². The second-order valence-corrected chi connectivity index (χ2v) is 7.85. The molecule has 0 atom stereocenters. The minimum Gasteiger partial charge on any atom is -0.462 e. The molecule has 1 aromatic carbocycles. The van der Waals surface area contributed by atoms with Crippen molar-refractivity contribution in [3.05, 3.63) is 85.7 Å². The molecule has 0 fully saturated rings. The number of aromatic nitrogens is 1. The average molecular weight is 441 g/mol. The lowest BCUT2D eigenvalue weighted by Crippen LogP contribution is -2.31. The van der Waals surface area contributed by atoms with Gasteiger partial charge in [-0.25, -0.2) is 4.79 Å². The van der Waals surface area contributed by atoms with Crippen LogP contribution in [0.3, 0.4) is 0 Å². The van der Waals surface area contributed by atoms with E-state index >= 15 is 0 Å². The number of hydrogen-bond donors (Lipinski definition) is 0. The van der Waals surface area contributed by atoms with E-state index in [4.69, 9.17) is 4.74 Å². The molecule has 0 amide bonds. The third-order valence-corrected chi connectivity index (χ3v) is 5.60. The van der Waals surface area contributed by atoms with Crippen LogP contribution in [0.5, 0.6) is 0 Å². The van der Waals surface area contributed by atoms with Crippen molar-refractivity contribution in [2.45, 2.75) is 26.4 Å². The van der Waals surface area contributed by atoms with E-state index in [-0.39, 0.29) is 17.7 Å². The van der Waals surface area contributed by atoms with Crippen molar-refractivity contribution in [3.8, 4) is 0 Å². The van der Waals surface area contributed by atoms with Gasteiger partial charge < -0.3 is 4.74 Å². The minimum atomic E-state index is -0.569. The molecule has 2 aromatic heterocycles. The average Bonchev–Trinajstić information content (AvgIpc) is 2.70. The van der Waals surface area contributed by atoms with E-state index < -0.39 is 5.97 Å². The normalized spacial score (nSPS) is 14.1. The van der Waals surface area contributed by atoms with Gasteiger partial charge in [-0.1, -0.05) is 28.1 Å². The molecule has 5 nitrogen and oxygen atoms in total. The summed E-state index contributed by atoms with van der Waals surface area (Å²) in [5, 5.41) is 0. The Morgan fingerprint density at radius 2 is 2.04 bits per heavy atom. The van der Waals surface area contributed by atoms with Crippen molar-refractivity contribution in [2.75, 3.05) is 13.2 Å². The number of ether oxygens (including phenoxy) is 1. The molecule has 28 heavy (non-hydrogen) atoms. The molecule has 0 bridgehead atoms. The van der Waals surface area contributed by atoms with E-state index in [2.05, 4.69) is 39.0 Å². The van der Waals surface area contributed by atoms with Crippen LogP contribution < -0.4 is 5.56 Å². The summed E-state index contributed by atoms with van der Waals surface area (Å²) in [6.07, 6.45) is 2.68. The number of hydrogen-bond acceptors (Lipinski definition) is 4. The molecule has 3 heterocycles. The summed E-state index contributed by atoms with van der Waals surface area (Å²) in [4.78, 5) is 27.4. The van der Waals surface area contributed by atoms with Gasteiger partial charge in [-0.05, 0) is 60.4 Å². The zero-order valence-electron chi connectivity index (χ0n) is 15.7. The third-order valence-electron chi connectivity index (χ3n) is 5.11. The Morgan fingerprint density at radius 3 is 2.86 bits per heavy atom. The summed E-state index contributed by atoms with van der Waals surface area (Å²) < 4.78 is 7.73. The molecule has 0 radical (unpaired) electrons. The fourth-order valence-corrected chi connectivity index (χ4v) is 4.17. The first-order valence-electron chi connectivity index (χ1n) is 9.37. The van der Waals surface area contributed by atoms with E-state index in [0.29, 0.717) is 6.54 Å². The highest BCUT2D eigenvalue weighted by Crippen LogP contribution is 2.25. The quantitative estimate of drug-likeness (QED) is 0.579. The molecule has 0 N–H and O–H groups in total. The minimum absolute atomic E-state index is 0.0851. The Morgan fingerprint density at radius 1 is 1.18 bits per heavy atom. The summed E-state index contributed by atoms with van der Waals surface area (Å²) in [6.45, 7) is 4.41. The molecule has 3 aromatic rings. The number of halogens is 1. The number of carbonyl (C=O) groups is 1. The lowest BCUT2D eigenvalue weighted by Gasteiger charge is -2.29. The number of nitrogens with zero attached hydrogens (tertiary/aromatic N) is 2. The fraction of sp³-hybridized carbons (Fsp3) is 0.273. The first-order chi connectivity index (χ1) is 13.6. The van der Waals surface area contributed by atoms with Gasteiger partial charge in [-0.3, -0.25) is 14.1 Å². The topological polar surface area (TPSA) is 51.0 Å². The molecule has 4 rings (SSSR count). The maximum atomic E-state index is 12.7. The van der Waals surface area contributed by atoms with E-state index in [1.165, 1.54) is 15.5 Å². The summed E-state index contributed by atoms with van der Waals surface area (Å²) in [5.74, 6) is -0.569. The van der Waals surface area contributed by atoms with Crippen LogP contribution in [0.15, 0.2) is 57.9 Å². The maximum Gasteiger partial charge on any atom is 0.343 e. The summed E-state index contributed by atoms with van der Waals surface area (Å²) >= 11 is 3.54. The van der Waals surface area contributed by atoms with Crippen LogP contribution in [-0.2, 0) is 24.2 Å². The van der Waals surface area contributed by atoms with Crippen LogP contribution in [0.2, 0.25) is 0 Å². The standard InChI is InChI=1S/C22H21BrN2O3/c1-2-28-22(27)19-12-17(20-5-3-4-9-25(20)21(19)26)14-24-10-8-15-11-18(23)7-6-16(15)13-24/h3-7,9,11-12H,2,8,10,13-14H2,1H3. The van der Waals surface area contributed by atoms with Crippen LogP contribution >= 0.6 is 15.9 Å². The van der Waals surface area contributed by atoms with Crippen LogP contribution in [0.4, 0.5) is 0 Å². The Bertz CT molecular complexity index is 1110. The van der Waals surface area contributed by atoms with Gasteiger partial charge in [-0.15, -0.1) is 0 Å². The van der Waals surface area contributed by atoms with Crippen molar-refractivity contribution in [1.82, 2.24) is 9.30 Å². The molecule has 0 unspecified atom stereocenters. The van der Waals surface area contributed by atoms with Crippen LogP contribution in [0.25, 0.3) is 5.52 Å². The highest BCUT2D eigenvalue weighted by atomic mass is 79.9. The van der Waals surface area contributed by atoms with Gasteiger partial charge in [0.1, 0.15) is 5.56 Å². The summed E-state index contributed by atoms with van der Waals surface area (Å²) in [6, 6.07) is 13.7. The smallest absolute Gasteiger partial charge is 0.343 e. The van der Waals surface area contributed by atoms with Crippen LogP contribution in [-0.4, -0.2) is 28.4 Å². The van der Waals surface area contributed by atoms with Crippen molar-refractivity contribution in [3.63, 3.8) is 0 Å². The van der Waals surface area contributed by atoms with Gasteiger partial charge in [0.2, 0.25) is 0 Å². The maximum absolute atomic E-state index is 12.7. The summed E-state index contributed by atoms with van der Waals surface area (Å²) in [5.41, 5.74) is 4.20. The molecule has 1 aliphatic rings. The number of benzene rings is 1. The van der Waals surface area contributed by atoms with Gasteiger partial charge in [0.15, 0.2) is 0 Å². The Hall–Kier alpha value is -2.44. The number of rotatable bonds is 4. The predicted octanol–water partition coefficient (Wildman–Crippen LogP) is 3.80. The number of pyridine rings is 2. The molecular formula is C22H21BrN2O3. The second kappa shape index (κ2) is 7.89. The number of fused-ring (bicyclic) bond motifs is 2. The van der Waals surface area contributed by atoms with E-state index in [1.54, 1.807) is 25.3 Å². The Labute approximate surface area is 171 Å². The molecular weight excluding hydrogens is 420 g/mol. The van der Waals surface area contributed by atoms with Crippen molar-refractivity contribution >= 4 is 27.4 Å². The zero-order valence-corrected chi connectivity index (χ0v) is 17.2. The first kappa shape index (κ1) is 18.9. The second-order valence-electron chi connectivity index (χ2n) is 6.94. The molecule has 0 saturated carbocycles. The molecule has 0 spiro atoms. The van der Waals surface area contributed by atoms with E-state index in [1.807, 2.05) is 12.1 Å². The monoisotopic (exact) mass is 440 g/mol. The number of carbonyl (C=O) groups excluding carboxylic acids is 1. The molecule has 0 saturated heterocycles. The highest BCUT2D eigenvalue weighted by Gasteiger charge is 2.20. The zero-order chi connectivity index (χ0) is 19.7. The lowest BCUT2D eigenvalue weighted by molar-refractivity contribution is 0.0524. The SMILES string of the molecule is CCOC(=O)c1cc(CN2CCc3cc(Br)ccc3C2)c2ccccn2c1=O. The fourth-order valence-electron chi connectivity index (χ4n) is 3.76. The van der Waals surface area contributed by atoms with Crippen molar-refractivity contribution < 1.29 is 9.53 Å². The third kappa shape index (κ3) is 3.62. The Kier molecular flexibility index (Phi) is 5.33.